The van der Waals surface area contributed by atoms with Crippen LogP contribution in [0, 0.1) is 0 Å². The molecule has 0 radical (unpaired) electrons. The Bertz CT molecular complexity index is 575. The third-order valence-corrected chi connectivity index (χ3v) is 5.45. The summed E-state index contributed by atoms with van der Waals surface area (Å²) in [5.74, 6) is -0.0494. The van der Waals surface area contributed by atoms with Gasteiger partial charge in [-0.15, -0.1) is 0 Å². The summed E-state index contributed by atoms with van der Waals surface area (Å²) >= 11 is 19.5. The number of aliphatic hydroxyl groups excluding tert-OH is 1. The van der Waals surface area contributed by atoms with Gasteiger partial charge < -0.3 is 10.0 Å². The minimum Gasteiger partial charge on any atom is -0.396 e. The van der Waals surface area contributed by atoms with E-state index in [1.54, 1.807) is 23.1 Å². The monoisotopic (exact) mass is 395 g/mol. The van der Waals surface area contributed by atoms with Crippen molar-refractivity contribution in [1.82, 2.24) is 4.90 Å². The zero-order chi connectivity index (χ0) is 17.4. The Morgan fingerprint density at radius 3 is 2.35 bits per heavy atom. The van der Waals surface area contributed by atoms with E-state index in [0.29, 0.717) is 41.0 Å². The molecule has 1 N–H and O–H groups in total. The van der Waals surface area contributed by atoms with Crippen molar-refractivity contribution in [1.29, 1.82) is 0 Å². The number of hydrogen-bond donors (Lipinski definition) is 1. The van der Waals surface area contributed by atoms with Gasteiger partial charge in [-0.2, -0.15) is 0 Å². The van der Waals surface area contributed by atoms with Crippen molar-refractivity contribution < 1.29 is 9.90 Å². The number of allylic oxidation sites excluding steroid dienone is 1. The van der Waals surface area contributed by atoms with Gasteiger partial charge in [-0.3, -0.25) is 4.79 Å². The van der Waals surface area contributed by atoms with E-state index in [1.807, 2.05) is 13.8 Å². The highest BCUT2D eigenvalue weighted by molar-refractivity contribution is 8.03. The summed E-state index contributed by atoms with van der Waals surface area (Å²) in [4.78, 5) is 15.6. The SMILES string of the molecule is CCN(CC)C(=O)/C=C(/CCCO)Sc1cc(Cl)c(Cl)cc1Cl. The Morgan fingerprint density at radius 2 is 1.78 bits per heavy atom. The number of hydrogen-bond acceptors (Lipinski definition) is 3. The Kier molecular flexibility index (Phi) is 9.40. The van der Waals surface area contributed by atoms with Crippen molar-refractivity contribution in [2.24, 2.45) is 0 Å². The fraction of sp³-hybridized carbons (Fsp3) is 0.438. The summed E-state index contributed by atoms with van der Waals surface area (Å²) in [5, 5.41) is 10.3. The number of rotatable bonds is 8. The summed E-state index contributed by atoms with van der Waals surface area (Å²) in [6.45, 7) is 5.23. The van der Waals surface area contributed by atoms with E-state index >= 15 is 0 Å². The zero-order valence-electron chi connectivity index (χ0n) is 13.1. The van der Waals surface area contributed by atoms with E-state index in [-0.39, 0.29) is 12.5 Å². The Morgan fingerprint density at radius 1 is 1.17 bits per heavy atom. The molecule has 0 aromatic heterocycles. The fourth-order valence-corrected chi connectivity index (χ4v) is 3.64. The van der Waals surface area contributed by atoms with Crippen LogP contribution in [0.3, 0.4) is 0 Å². The molecule has 0 atom stereocenters. The molecule has 0 saturated heterocycles. The highest BCUT2D eigenvalue weighted by atomic mass is 35.5. The van der Waals surface area contributed by atoms with Crippen LogP contribution >= 0.6 is 46.6 Å². The van der Waals surface area contributed by atoms with Crippen LogP contribution in [0.25, 0.3) is 0 Å². The molecule has 0 saturated carbocycles. The summed E-state index contributed by atoms with van der Waals surface area (Å²) in [7, 11) is 0. The van der Waals surface area contributed by atoms with E-state index < -0.39 is 0 Å². The van der Waals surface area contributed by atoms with Gasteiger partial charge >= 0.3 is 0 Å². The van der Waals surface area contributed by atoms with Crippen LogP contribution < -0.4 is 0 Å². The molecular formula is C16H20Cl3NO2S. The van der Waals surface area contributed by atoms with Crippen LogP contribution in [-0.4, -0.2) is 35.6 Å². The molecule has 1 aromatic rings. The Hall–Kier alpha value is -0.390. The molecule has 7 heteroatoms. The quantitative estimate of drug-likeness (QED) is 0.370. The lowest BCUT2D eigenvalue weighted by Gasteiger charge is -2.17. The number of amides is 1. The second kappa shape index (κ2) is 10.5. The second-order valence-electron chi connectivity index (χ2n) is 4.75. The molecule has 128 valence electrons. The smallest absolute Gasteiger partial charge is 0.247 e. The van der Waals surface area contributed by atoms with Gasteiger partial charge in [-0.1, -0.05) is 46.6 Å². The summed E-state index contributed by atoms with van der Waals surface area (Å²) in [6, 6.07) is 3.27. The Balaban J connectivity index is 3.03. The number of carbonyl (C=O) groups excluding carboxylic acids is 1. The van der Waals surface area contributed by atoms with Crippen molar-refractivity contribution in [3.63, 3.8) is 0 Å². The highest BCUT2D eigenvalue weighted by Crippen LogP contribution is 2.39. The van der Waals surface area contributed by atoms with Gasteiger partial charge in [-0.05, 0) is 43.7 Å². The molecule has 0 fully saturated rings. The minimum atomic E-state index is -0.0494. The number of nitrogens with zero attached hydrogens (tertiary/aromatic N) is 1. The number of halogens is 3. The third kappa shape index (κ3) is 6.55. The average molecular weight is 397 g/mol. The number of aliphatic hydroxyl groups is 1. The average Bonchev–Trinajstić information content (AvgIpc) is 2.51. The summed E-state index contributed by atoms with van der Waals surface area (Å²) < 4.78 is 0. The molecule has 1 amide bonds. The Labute approximate surface area is 156 Å². The topological polar surface area (TPSA) is 40.5 Å². The molecule has 0 aliphatic heterocycles. The van der Waals surface area contributed by atoms with Gasteiger partial charge in [0.1, 0.15) is 0 Å². The molecule has 1 rings (SSSR count). The molecule has 0 aliphatic rings. The van der Waals surface area contributed by atoms with Crippen molar-refractivity contribution in [3.05, 3.63) is 38.2 Å². The van der Waals surface area contributed by atoms with Gasteiger partial charge in [0, 0.05) is 30.7 Å². The minimum absolute atomic E-state index is 0.0494. The first kappa shape index (κ1) is 20.7. The lowest BCUT2D eigenvalue weighted by atomic mass is 10.3. The van der Waals surface area contributed by atoms with Crippen molar-refractivity contribution in [3.8, 4) is 0 Å². The molecular weight excluding hydrogens is 377 g/mol. The predicted molar refractivity (Wildman–Crippen MR) is 99.7 cm³/mol. The van der Waals surface area contributed by atoms with Crippen molar-refractivity contribution >= 4 is 52.5 Å². The normalized spacial score (nSPS) is 11.7. The molecule has 3 nitrogen and oxygen atoms in total. The first-order chi connectivity index (χ1) is 10.9. The van der Waals surface area contributed by atoms with Crippen LogP contribution in [0.1, 0.15) is 26.7 Å². The highest BCUT2D eigenvalue weighted by Gasteiger charge is 2.12. The first-order valence-electron chi connectivity index (χ1n) is 7.35. The van der Waals surface area contributed by atoms with Crippen molar-refractivity contribution in [2.75, 3.05) is 19.7 Å². The molecule has 0 spiro atoms. The van der Waals surface area contributed by atoms with E-state index in [0.717, 1.165) is 9.80 Å². The van der Waals surface area contributed by atoms with E-state index in [1.165, 1.54) is 11.8 Å². The van der Waals surface area contributed by atoms with Gasteiger partial charge in [0.15, 0.2) is 0 Å². The van der Waals surface area contributed by atoms with Crippen molar-refractivity contribution in [2.45, 2.75) is 31.6 Å². The van der Waals surface area contributed by atoms with Gasteiger partial charge in [-0.25, -0.2) is 0 Å². The summed E-state index contributed by atoms with van der Waals surface area (Å²) in [6.07, 6.45) is 2.76. The molecule has 0 heterocycles. The second-order valence-corrected chi connectivity index (χ2v) is 7.14. The van der Waals surface area contributed by atoms with Gasteiger partial charge in [0.25, 0.3) is 0 Å². The first-order valence-corrected chi connectivity index (χ1v) is 9.30. The standard InChI is InChI=1S/C16H20Cl3NO2S/c1-3-20(4-2)16(22)8-11(6-5-7-21)23-15-10-13(18)12(17)9-14(15)19/h8-10,21H,3-7H2,1-2H3/b11-8-. The van der Waals surface area contributed by atoms with Crippen LogP contribution in [-0.2, 0) is 4.79 Å². The number of thioether (sulfide) groups is 1. The maximum Gasteiger partial charge on any atom is 0.247 e. The van der Waals surface area contributed by atoms with Gasteiger partial charge in [0.05, 0.1) is 15.1 Å². The van der Waals surface area contributed by atoms with Crippen LogP contribution in [0.5, 0.6) is 0 Å². The molecule has 1 aromatic carbocycles. The number of likely N-dealkylation sites (N-methyl/N-ethyl adjacent to an activating group) is 1. The largest absolute Gasteiger partial charge is 0.396 e. The van der Waals surface area contributed by atoms with E-state index in [9.17, 15) is 4.79 Å². The fourth-order valence-electron chi connectivity index (χ4n) is 1.89. The zero-order valence-corrected chi connectivity index (χ0v) is 16.2. The van der Waals surface area contributed by atoms with Crippen LogP contribution in [0.15, 0.2) is 28.0 Å². The molecule has 23 heavy (non-hydrogen) atoms. The lowest BCUT2D eigenvalue weighted by molar-refractivity contribution is -0.125. The maximum absolute atomic E-state index is 12.3. The third-order valence-electron chi connectivity index (χ3n) is 3.16. The van der Waals surface area contributed by atoms with E-state index in [4.69, 9.17) is 39.9 Å². The lowest BCUT2D eigenvalue weighted by Crippen LogP contribution is -2.28. The van der Waals surface area contributed by atoms with Gasteiger partial charge in [0.2, 0.25) is 5.91 Å². The van der Waals surface area contributed by atoms with E-state index in [2.05, 4.69) is 0 Å². The number of carbonyl (C=O) groups is 1. The number of benzene rings is 1. The summed E-state index contributed by atoms with van der Waals surface area (Å²) in [5.41, 5.74) is 0. The molecule has 0 unspecified atom stereocenters. The molecule has 0 aliphatic carbocycles. The molecule has 0 bridgehead atoms. The predicted octanol–water partition coefficient (Wildman–Crippen LogP) is 5.26. The van der Waals surface area contributed by atoms with Crippen LogP contribution in [0.2, 0.25) is 15.1 Å². The van der Waals surface area contributed by atoms with Crippen LogP contribution in [0.4, 0.5) is 0 Å². The maximum atomic E-state index is 12.3.